The number of carbonyl (C=O) groups is 1. The normalized spacial score (nSPS) is 13.5. The lowest BCUT2D eigenvalue weighted by Gasteiger charge is -2.22. The maximum absolute atomic E-state index is 12.0. The first-order valence-corrected chi connectivity index (χ1v) is 10.2. The number of aryl methyl sites for hydroxylation is 1. The van der Waals surface area contributed by atoms with Crippen LogP contribution in [0.1, 0.15) is 79.6 Å². The average molecular weight is 378 g/mol. The zero-order valence-corrected chi connectivity index (χ0v) is 17.9. The second-order valence-electron chi connectivity index (χ2n) is 7.81. The van der Waals surface area contributed by atoms with Crippen LogP contribution in [0.3, 0.4) is 0 Å². The Morgan fingerprint density at radius 1 is 1.07 bits per heavy atom. The van der Waals surface area contributed by atoms with E-state index in [-0.39, 0.29) is 0 Å². The summed E-state index contributed by atoms with van der Waals surface area (Å²) >= 11 is 0. The topological polar surface area (TPSA) is 30.7 Å². The Balaban J connectivity index is 2.35. The van der Waals surface area contributed by atoms with Crippen molar-refractivity contribution < 1.29 is 9.53 Å². The molecule has 2 heterocycles. The SMILES string of the molecule is CCC(C)c1cc(-c2cc3c(C)cccn3c2C=O)cc(C(C)CC)c1OC. The van der Waals surface area contributed by atoms with Crippen LogP contribution in [0.4, 0.5) is 0 Å². The van der Waals surface area contributed by atoms with Crippen LogP contribution in [-0.2, 0) is 0 Å². The van der Waals surface area contributed by atoms with Gasteiger partial charge in [0.1, 0.15) is 5.75 Å². The number of ether oxygens (including phenoxy) is 1. The maximum Gasteiger partial charge on any atom is 0.167 e. The molecule has 0 bridgehead atoms. The van der Waals surface area contributed by atoms with Gasteiger partial charge in [0, 0.05) is 17.3 Å². The van der Waals surface area contributed by atoms with E-state index in [4.69, 9.17) is 4.74 Å². The zero-order chi connectivity index (χ0) is 20.4. The highest BCUT2D eigenvalue weighted by molar-refractivity contribution is 5.91. The van der Waals surface area contributed by atoms with Gasteiger partial charge in [-0.2, -0.15) is 0 Å². The van der Waals surface area contributed by atoms with E-state index >= 15 is 0 Å². The number of aromatic nitrogens is 1. The lowest BCUT2D eigenvalue weighted by molar-refractivity contribution is 0.111. The van der Waals surface area contributed by atoms with Gasteiger partial charge in [0.05, 0.1) is 12.8 Å². The highest BCUT2D eigenvalue weighted by Gasteiger charge is 2.21. The third kappa shape index (κ3) is 3.34. The molecule has 3 heteroatoms. The summed E-state index contributed by atoms with van der Waals surface area (Å²) in [5.74, 6) is 1.77. The number of nitrogens with zero attached hydrogens (tertiary/aromatic N) is 1. The van der Waals surface area contributed by atoms with Crippen molar-refractivity contribution in [1.82, 2.24) is 4.40 Å². The first-order valence-electron chi connectivity index (χ1n) is 10.2. The van der Waals surface area contributed by atoms with Crippen LogP contribution in [0.2, 0.25) is 0 Å². The molecule has 0 amide bonds. The number of pyridine rings is 1. The number of methoxy groups -OCH3 is 1. The summed E-state index contributed by atoms with van der Waals surface area (Å²) in [6, 6.07) is 10.6. The van der Waals surface area contributed by atoms with Gasteiger partial charge in [-0.25, -0.2) is 0 Å². The highest BCUT2D eigenvalue weighted by Crippen LogP contribution is 2.41. The van der Waals surface area contributed by atoms with Crippen molar-refractivity contribution in [2.75, 3.05) is 7.11 Å². The minimum Gasteiger partial charge on any atom is -0.496 e. The molecule has 0 saturated carbocycles. The second kappa shape index (κ2) is 8.22. The van der Waals surface area contributed by atoms with Crippen LogP contribution in [0, 0.1) is 6.92 Å². The monoisotopic (exact) mass is 377 g/mol. The number of rotatable bonds is 7. The number of benzene rings is 1. The van der Waals surface area contributed by atoms with Crippen LogP contribution in [0.25, 0.3) is 16.6 Å². The van der Waals surface area contributed by atoms with Crippen LogP contribution in [0.5, 0.6) is 5.75 Å². The minimum absolute atomic E-state index is 0.385. The van der Waals surface area contributed by atoms with E-state index in [9.17, 15) is 4.79 Å². The molecule has 0 N–H and O–H groups in total. The average Bonchev–Trinajstić information content (AvgIpc) is 3.11. The molecule has 3 rings (SSSR count). The fourth-order valence-corrected chi connectivity index (χ4v) is 3.95. The van der Waals surface area contributed by atoms with E-state index in [1.165, 1.54) is 11.1 Å². The molecule has 1 aromatic carbocycles. The van der Waals surface area contributed by atoms with E-state index in [0.717, 1.165) is 47.1 Å². The van der Waals surface area contributed by atoms with Crippen molar-refractivity contribution in [3.63, 3.8) is 0 Å². The van der Waals surface area contributed by atoms with Gasteiger partial charge in [-0.1, -0.05) is 33.8 Å². The molecular weight excluding hydrogens is 346 g/mol. The Morgan fingerprint density at radius 2 is 1.68 bits per heavy atom. The lowest BCUT2D eigenvalue weighted by atomic mass is 9.86. The molecular formula is C25H31NO2. The molecule has 28 heavy (non-hydrogen) atoms. The van der Waals surface area contributed by atoms with Crippen molar-refractivity contribution in [2.45, 2.75) is 59.3 Å². The third-order valence-corrected chi connectivity index (χ3v) is 6.12. The van der Waals surface area contributed by atoms with Gasteiger partial charge in [0.15, 0.2) is 6.29 Å². The summed E-state index contributed by atoms with van der Waals surface area (Å²) in [6.45, 7) is 11.0. The molecule has 148 valence electrons. The molecule has 2 unspecified atom stereocenters. The zero-order valence-electron chi connectivity index (χ0n) is 17.9. The number of fused-ring (bicyclic) bond motifs is 1. The van der Waals surface area contributed by atoms with Gasteiger partial charge in [0.2, 0.25) is 0 Å². The fourth-order valence-electron chi connectivity index (χ4n) is 3.95. The van der Waals surface area contributed by atoms with Crippen LogP contribution in [0.15, 0.2) is 36.5 Å². The molecule has 2 aromatic heterocycles. The molecule has 2 atom stereocenters. The molecule has 3 aromatic rings. The molecule has 0 radical (unpaired) electrons. The van der Waals surface area contributed by atoms with E-state index in [2.05, 4.69) is 58.9 Å². The summed E-state index contributed by atoms with van der Waals surface area (Å²) in [7, 11) is 1.76. The number of hydrogen-bond acceptors (Lipinski definition) is 2. The van der Waals surface area contributed by atoms with Gasteiger partial charge in [-0.3, -0.25) is 4.79 Å². The van der Waals surface area contributed by atoms with Crippen LogP contribution in [-0.4, -0.2) is 17.8 Å². The maximum atomic E-state index is 12.0. The van der Waals surface area contributed by atoms with Crippen molar-refractivity contribution in [3.05, 3.63) is 58.9 Å². The fraction of sp³-hybridized carbons (Fsp3) is 0.400. The lowest BCUT2D eigenvalue weighted by Crippen LogP contribution is -2.04. The van der Waals surface area contributed by atoms with Crippen LogP contribution < -0.4 is 4.74 Å². The summed E-state index contributed by atoms with van der Waals surface area (Å²) in [6.07, 6.45) is 5.01. The van der Waals surface area contributed by atoms with Gasteiger partial charge in [0.25, 0.3) is 0 Å². The first-order chi connectivity index (χ1) is 13.5. The van der Waals surface area contributed by atoms with E-state index < -0.39 is 0 Å². The molecule has 0 aliphatic carbocycles. The largest absolute Gasteiger partial charge is 0.496 e. The molecule has 0 saturated heterocycles. The molecule has 3 nitrogen and oxygen atoms in total. The van der Waals surface area contributed by atoms with Crippen LogP contribution >= 0.6 is 0 Å². The Hall–Kier alpha value is -2.55. The summed E-state index contributed by atoms with van der Waals surface area (Å²) < 4.78 is 7.87. The van der Waals surface area contributed by atoms with E-state index in [1.807, 2.05) is 16.7 Å². The Labute approximate surface area is 168 Å². The predicted octanol–water partition coefficient (Wildman–Crippen LogP) is 6.76. The Morgan fingerprint density at radius 3 is 2.18 bits per heavy atom. The molecule has 0 aliphatic heterocycles. The minimum atomic E-state index is 0.385. The molecule has 0 fully saturated rings. The van der Waals surface area contributed by atoms with Crippen molar-refractivity contribution in [3.8, 4) is 16.9 Å². The van der Waals surface area contributed by atoms with Crippen molar-refractivity contribution >= 4 is 11.8 Å². The van der Waals surface area contributed by atoms with Gasteiger partial charge in [-0.05, 0) is 78.1 Å². The predicted molar refractivity (Wildman–Crippen MR) is 117 cm³/mol. The van der Waals surface area contributed by atoms with E-state index in [1.54, 1.807) is 7.11 Å². The van der Waals surface area contributed by atoms with Crippen molar-refractivity contribution in [2.24, 2.45) is 0 Å². The highest BCUT2D eigenvalue weighted by atomic mass is 16.5. The standard InChI is InChI=1S/C25H31NO2/c1-7-16(3)20-12-19(13-21(17(4)8-2)25(20)28-6)22-14-23-18(5)10-9-11-26(23)24(22)15-27/h9-17H,7-8H2,1-6H3. The van der Waals surface area contributed by atoms with Gasteiger partial charge >= 0.3 is 0 Å². The van der Waals surface area contributed by atoms with Crippen molar-refractivity contribution in [1.29, 1.82) is 0 Å². The van der Waals surface area contributed by atoms with E-state index in [0.29, 0.717) is 17.5 Å². The van der Waals surface area contributed by atoms with Gasteiger partial charge in [-0.15, -0.1) is 0 Å². The summed E-state index contributed by atoms with van der Waals surface area (Å²) in [5, 5.41) is 0. The number of carbonyl (C=O) groups excluding carboxylic acids is 1. The summed E-state index contributed by atoms with van der Waals surface area (Å²) in [5.41, 5.74) is 7.47. The Bertz CT molecular complexity index is 968. The quantitative estimate of drug-likeness (QED) is 0.426. The number of hydrogen-bond donors (Lipinski definition) is 0. The molecule has 0 aliphatic rings. The first kappa shape index (κ1) is 20.2. The summed E-state index contributed by atoms with van der Waals surface area (Å²) in [4.78, 5) is 12.0. The smallest absolute Gasteiger partial charge is 0.167 e. The third-order valence-electron chi connectivity index (χ3n) is 6.12. The number of aldehydes is 1. The van der Waals surface area contributed by atoms with Gasteiger partial charge < -0.3 is 9.14 Å². The second-order valence-corrected chi connectivity index (χ2v) is 7.81. The molecule has 0 spiro atoms. The Kier molecular flexibility index (Phi) is 5.93.